The van der Waals surface area contributed by atoms with E-state index in [-0.39, 0.29) is 13.0 Å². The number of fused-ring (bicyclic) bond motifs is 1. The Morgan fingerprint density at radius 3 is 2.53 bits per heavy atom. The normalized spacial score (nSPS) is 11.2. The van der Waals surface area contributed by atoms with Crippen LogP contribution in [0.15, 0.2) is 77.6 Å². The Labute approximate surface area is 184 Å². The molecule has 0 bridgehead atoms. The first kappa shape index (κ1) is 19.7. The lowest BCUT2D eigenvalue weighted by atomic mass is 10.0. The lowest BCUT2D eigenvalue weighted by Gasteiger charge is -2.03. The predicted octanol–water partition coefficient (Wildman–Crippen LogP) is 5.20. The van der Waals surface area contributed by atoms with Crippen molar-refractivity contribution in [3.63, 3.8) is 0 Å². The molecule has 0 atom stereocenters. The fraction of sp³-hybridized carbons (Fsp3) is 0.120. The van der Waals surface area contributed by atoms with Crippen molar-refractivity contribution in [2.75, 3.05) is 0 Å². The fourth-order valence-corrected chi connectivity index (χ4v) is 3.66. The monoisotopic (exact) mass is 424 g/mol. The molecule has 5 aromatic rings. The van der Waals surface area contributed by atoms with Crippen LogP contribution in [0.2, 0.25) is 0 Å². The van der Waals surface area contributed by atoms with Gasteiger partial charge in [0, 0.05) is 22.9 Å². The Morgan fingerprint density at radius 2 is 1.78 bits per heavy atom. The van der Waals surface area contributed by atoms with E-state index >= 15 is 0 Å². The van der Waals surface area contributed by atoms with Gasteiger partial charge in [-0.3, -0.25) is 9.48 Å². The molecule has 0 spiro atoms. The number of furan rings is 1. The first-order valence-electron chi connectivity index (χ1n) is 10.2. The standard InChI is InChI=1S/C25H20N4O3/c1-16-7-9-18(10-8-16)23-20(14-29(28-23)12-11-22(30)31)24-19-13-21(17-5-3-2-4-6-17)32-25(19)27-15-26-24/h2-10,13-15H,11-12H2,1H3,(H,30,31). The molecule has 3 aromatic heterocycles. The van der Waals surface area contributed by atoms with Gasteiger partial charge in [0.1, 0.15) is 17.8 Å². The van der Waals surface area contributed by atoms with Crippen LogP contribution in [0.4, 0.5) is 0 Å². The summed E-state index contributed by atoms with van der Waals surface area (Å²) < 4.78 is 7.66. The molecule has 0 fully saturated rings. The van der Waals surface area contributed by atoms with E-state index in [9.17, 15) is 4.79 Å². The summed E-state index contributed by atoms with van der Waals surface area (Å²) in [6, 6.07) is 19.8. The third kappa shape index (κ3) is 3.76. The molecule has 2 aromatic carbocycles. The Morgan fingerprint density at radius 1 is 1.00 bits per heavy atom. The zero-order valence-corrected chi connectivity index (χ0v) is 17.4. The minimum atomic E-state index is -0.870. The zero-order chi connectivity index (χ0) is 22.1. The van der Waals surface area contributed by atoms with Crippen LogP contribution in [0.1, 0.15) is 12.0 Å². The van der Waals surface area contributed by atoms with Gasteiger partial charge in [-0.2, -0.15) is 5.10 Å². The van der Waals surface area contributed by atoms with E-state index in [4.69, 9.17) is 14.6 Å². The zero-order valence-electron chi connectivity index (χ0n) is 17.4. The lowest BCUT2D eigenvalue weighted by Crippen LogP contribution is -2.04. The maximum Gasteiger partial charge on any atom is 0.305 e. The minimum absolute atomic E-state index is 0.0164. The molecule has 3 heterocycles. The molecule has 5 rings (SSSR count). The number of aromatic nitrogens is 4. The van der Waals surface area contributed by atoms with Crippen molar-refractivity contribution < 1.29 is 14.3 Å². The Kier molecular flexibility index (Phi) is 4.99. The number of carboxylic acids is 1. The first-order valence-corrected chi connectivity index (χ1v) is 10.2. The van der Waals surface area contributed by atoms with Crippen LogP contribution in [0.5, 0.6) is 0 Å². The summed E-state index contributed by atoms with van der Waals surface area (Å²) >= 11 is 0. The number of hydrogen-bond acceptors (Lipinski definition) is 5. The number of hydrogen-bond donors (Lipinski definition) is 1. The molecule has 7 heteroatoms. The Hall–Kier alpha value is -4.26. The van der Waals surface area contributed by atoms with Crippen molar-refractivity contribution in [1.82, 2.24) is 19.7 Å². The molecule has 0 radical (unpaired) electrons. The van der Waals surface area contributed by atoms with E-state index in [0.717, 1.165) is 33.3 Å². The van der Waals surface area contributed by atoms with Gasteiger partial charge in [0.05, 0.1) is 24.0 Å². The van der Waals surface area contributed by atoms with Gasteiger partial charge in [-0.1, -0.05) is 60.2 Å². The average Bonchev–Trinajstić information content (AvgIpc) is 3.43. The van der Waals surface area contributed by atoms with Crippen molar-refractivity contribution in [2.45, 2.75) is 19.9 Å². The summed E-state index contributed by atoms with van der Waals surface area (Å²) in [6.45, 7) is 2.30. The average molecular weight is 424 g/mol. The van der Waals surface area contributed by atoms with Gasteiger partial charge in [-0.15, -0.1) is 0 Å². The summed E-state index contributed by atoms with van der Waals surface area (Å²) in [4.78, 5) is 19.9. The van der Waals surface area contributed by atoms with Crippen LogP contribution in [-0.2, 0) is 11.3 Å². The molecule has 0 aliphatic rings. The molecule has 0 aliphatic carbocycles. The second-order valence-electron chi connectivity index (χ2n) is 7.58. The lowest BCUT2D eigenvalue weighted by molar-refractivity contribution is -0.137. The van der Waals surface area contributed by atoms with E-state index in [1.807, 2.05) is 73.8 Å². The summed E-state index contributed by atoms with van der Waals surface area (Å²) in [6.07, 6.45) is 3.30. The number of carboxylic acid groups (broad SMARTS) is 1. The summed E-state index contributed by atoms with van der Waals surface area (Å²) in [5, 5.41) is 14.6. The quantitative estimate of drug-likeness (QED) is 0.402. The highest BCUT2D eigenvalue weighted by Crippen LogP contribution is 2.36. The Balaban J connectivity index is 1.67. The number of rotatable bonds is 6. The predicted molar refractivity (Wildman–Crippen MR) is 121 cm³/mol. The van der Waals surface area contributed by atoms with Crippen molar-refractivity contribution in [3.05, 3.63) is 78.8 Å². The maximum atomic E-state index is 11.1. The molecular weight excluding hydrogens is 404 g/mol. The molecule has 0 saturated heterocycles. The molecule has 0 saturated carbocycles. The maximum absolute atomic E-state index is 11.1. The van der Waals surface area contributed by atoms with Crippen molar-refractivity contribution in [1.29, 1.82) is 0 Å². The summed E-state index contributed by atoms with van der Waals surface area (Å²) in [5.74, 6) is -0.164. The van der Waals surface area contributed by atoms with E-state index in [0.29, 0.717) is 17.2 Å². The number of carbonyl (C=O) groups is 1. The van der Waals surface area contributed by atoms with Gasteiger partial charge >= 0.3 is 5.97 Å². The molecule has 32 heavy (non-hydrogen) atoms. The SMILES string of the molecule is Cc1ccc(-c2nn(CCC(=O)O)cc2-c2ncnc3oc(-c4ccccc4)cc23)cc1. The largest absolute Gasteiger partial charge is 0.481 e. The highest BCUT2D eigenvalue weighted by Gasteiger charge is 2.20. The number of aliphatic carboxylic acids is 1. The van der Waals surface area contributed by atoms with Crippen LogP contribution in [0.3, 0.4) is 0 Å². The van der Waals surface area contributed by atoms with Crippen LogP contribution in [0.25, 0.3) is 44.9 Å². The van der Waals surface area contributed by atoms with Gasteiger partial charge in [0.25, 0.3) is 0 Å². The van der Waals surface area contributed by atoms with Crippen LogP contribution >= 0.6 is 0 Å². The highest BCUT2D eigenvalue weighted by atomic mass is 16.4. The highest BCUT2D eigenvalue weighted by molar-refractivity contribution is 5.95. The second-order valence-corrected chi connectivity index (χ2v) is 7.58. The van der Waals surface area contributed by atoms with Gasteiger partial charge in [-0.25, -0.2) is 9.97 Å². The molecule has 7 nitrogen and oxygen atoms in total. The third-order valence-corrected chi connectivity index (χ3v) is 5.28. The van der Waals surface area contributed by atoms with Crippen molar-refractivity contribution >= 4 is 17.1 Å². The fourth-order valence-electron chi connectivity index (χ4n) is 3.66. The van der Waals surface area contributed by atoms with E-state index < -0.39 is 5.97 Å². The number of benzene rings is 2. The van der Waals surface area contributed by atoms with Crippen LogP contribution < -0.4 is 0 Å². The van der Waals surface area contributed by atoms with E-state index in [2.05, 4.69) is 9.97 Å². The second kappa shape index (κ2) is 8.11. The van der Waals surface area contributed by atoms with Gasteiger partial charge < -0.3 is 9.52 Å². The van der Waals surface area contributed by atoms with Gasteiger partial charge in [0.15, 0.2) is 0 Å². The molecular formula is C25H20N4O3. The molecule has 1 N–H and O–H groups in total. The van der Waals surface area contributed by atoms with Gasteiger partial charge in [-0.05, 0) is 13.0 Å². The van der Waals surface area contributed by atoms with Gasteiger partial charge in [0.2, 0.25) is 5.71 Å². The summed E-state index contributed by atoms with van der Waals surface area (Å²) in [7, 11) is 0. The smallest absolute Gasteiger partial charge is 0.305 e. The molecule has 0 unspecified atom stereocenters. The first-order chi connectivity index (χ1) is 15.6. The van der Waals surface area contributed by atoms with Crippen LogP contribution in [0, 0.1) is 6.92 Å². The molecule has 0 aliphatic heterocycles. The topological polar surface area (TPSA) is 94.0 Å². The molecule has 0 amide bonds. The summed E-state index contributed by atoms with van der Waals surface area (Å²) in [5.41, 5.74) is 5.74. The van der Waals surface area contributed by atoms with Crippen LogP contribution in [-0.4, -0.2) is 30.8 Å². The Bertz CT molecular complexity index is 1400. The minimum Gasteiger partial charge on any atom is -0.481 e. The van der Waals surface area contributed by atoms with E-state index in [1.165, 1.54) is 6.33 Å². The number of nitrogens with zero attached hydrogens (tertiary/aromatic N) is 4. The number of aryl methyl sites for hydroxylation is 2. The van der Waals surface area contributed by atoms with Crippen molar-refractivity contribution in [2.24, 2.45) is 0 Å². The van der Waals surface area contributed by atoms with Crippen molar-refractivity contribution in [3.8, 4) is 33.8 Å². The third-order valence-electron chi connectivity index (χ3n) is 5.28. The van der Waals surface area contributed by atoms with E-state index in [1.54, 1.807) is 4.68 Å². The molecule has 158 valence electrons.